The third-order valence-electron chi connectivity index (χ3n) is 7.10. The van der Waals surface area contributed by atoms with Crippen molar-refractivity contribution in [2.75, 3.05) is 31.2 Å². The van der Waals surface area contributed by atoms with Crippen molar-refractivity contribution in [3.8, 4) is 5.75 Å². The van der Waals surface area contributed by atoms with Crippen molar-refractivity contribution >= 4 is 22.3 Å². The molecule has 2 aromatic carbocycles. The highest BCUT2D eigenvalue weighted by molar-refractivity contribution is 5.85. The van der Waals surface area contributed by atoms with E-state index >= 15 is 0 Å². The van der Waals surface area contributed by atoms with Crippen LogP contribution in [0.3, 0.4) is 0 Å². The quantitative estimate of drug-likeness (QED) is 0.469. The van der Waals surface area contributed by atoms with E-state index in [9.17, 15) is 9.59 Å². The second-order valence-corrected chi connectivity index (χ2v) is 8.60. The van der Waals surface area contributed by atoms with Crippen LogP contribution in [-0.4, -0.2) is 36.1 Å². The van der Waals surface area contributed by atoms with E-state index in [1.165, 1.54) is 0 Å². The Kier molecular flexibility index (Phi) is 4.78. The van der Waals surface area contributed by atoms with Gasteiger partial charge in [0.05, 0.1) is 18.7 Å². The molecule has 3 N–H and O–H groups in total. The van der Waals surface area contributed by atoms with Gasteiger partial charge in [-0.15, -0.1) is 6.58 Å². The minimum Gasteiger partial charge on any atom is -0.497 e. The summed E-state index contributed by atoms with van der Waals surface area (Å²) in [5.74, 6) is 1.78. The molecule has 3 aromatic rings. The number of methoxy groups -OCH3 is 1. The molecule has 3 aliphatic rings. The monoisotopic (exact) mass is 418 g/mol. The van der Waals surface area contributed by atoms with Gasteiger partial charge >= 0.3 is 0 Å². The van der Waals surface area contributed by atoms with Crippen molar-refractivity contribution in [3.05, 3.63) is 69.1 Å². The molecule has 31 heavy (non-hydrogen) atoms. The van der Waals surface area contributed by atoms with Gasteiger partial charge in [-0.25, -0.2) is 0 Å². The maximum atomic E-state index is 12.2. The smallest absolute Gasteiger partial charge is 0.253 e. The zero-order chi connectivity index (χ0) is 21.7. The van der Waals surface area contributed by atoms with E-state index in [-0.39, 0.29) is 23.5 Å². The van der Waals surface area contributed by atoms with Crippen LogP contribution in [0.1, 0.15) is 24.4 Å². The molecule has 3 aliphatic heterocycles. The Bertz CT molecular complexity index is 1230. The summed E-state index contributed by atoms with van der Waals surface area (Å²) < 4.78 is 5.44. The molecule has 3 saturated heterocycles. The average molecular weight is 418 g/mol. The fourth-order valence-corrected chi connectivity index (χ4v) is 5.36. The number of hydrogen-bond donors (Lipinski definition) is 2. The van der Waals surface area contributed by atoms with Gasteiger partial charge in [0.25, 0.3) is 10.9 Å². The highest BCUT2D eigenvalue weighted by Crippen LogP contribution is 2.43. The molecule has 7 nitrogen and oxygen atoms in total. The molecule has 4 heterocycles. The zero-order valence-electron chi connectivity index (χ0n) is 17.5. The van der Waals surface area contributed by atoms with E-state index in [0.29, 0.717) is 11.8 Å². The highest BCUT2D eigenvalue weighted by Gasteiger charge is 2.43. The molecule has 7 heteroatoms. The van der Waals surface area contributed by atoms with E-state index in [1.807, 2.05) is 24.3 Å². The zero-order valence-corrected chi connectivity index (χ0v) is 17.5. The number of nitrogens with zero attached hydrogens (tertiary/aromatic N) is 2. The highest BCUT2D eigenvalue weighted by atomic mass is 16.5. The van der Waals surface area contributed by atoms with Crippen LogP contribution in [0.4, 0.5) is 11.4 Å². The molecular weight excluding hydrogens is 392 g/mol. The summed E-state index contributed by atoms with van der Waals surface area (Å²) in [5.41, 5.74) is 6.84. The molecule has 160 valence electrons. The standard InChI is InChI=1S/C24H26N4O3/c1-3-13-12-28-9-7-14(13)10-19(28)21(27-22-20(25)23(29)24(22)30)16-6-8-26-18-5-4-15(31-2)11-17(16)18/h3-6,8,11,13-14,19,21,27H,1,7,9-10,12,25H2,2H3. The molecule has 0 saturated carbocycles. The number of nitrogen functional groups attached to an aromatic ring is 1. The first-order chi connectivity index (χ1) is 15.0. The van der Waals surface area contributed by atoms with Crippen LogP contribution in [0.2, 0.25) is 0 Å². The minimum atomic E-state index is -0.611. The Labute approximate surface area is 180 Å². The Balaban J connectivity index is 1.62. The number of benzene rings is 1. The molecule has 5 atom stereocenters. The predicted molar refractivity (Wildman–Crippen MR) is 122 cm³/mol. The number of ether oxygens (including phenoxy) is 1. The Morgan fingerprint density at radius 2 is 2.16 bits per heavy atom. The summed E-state index contributed by atoms with van der Waals surface area (Å²) in [6.45, 7) is 5.97. The second-order valence-electron chi connectivity index (χ2n) is 8.60. The van der Waals surface area contributed by atoms with Gasteiger partial charge in [0.2, 0.25) is 0 Å². The lowest BCUT2D eigenvalue weighted by Crippen LogP contribution is -2.56. The van der Waals surface area contributed by atoms with Gasteiger partial charge in [-0.1, -0.05) is 6.08 Å². The summed E-state index contributed by atoms with van der Waals surface area (Å²) in [6, 6.07) is 7.72. The van der Waals surface area contributed by atoms with Crippen molar-refractivity contribution in [3.63, 3.8) is 0 Å². The first-order valence-corrected chi connectivity index (χ1v) is 10.7. The fourth-order valence-electron chi connectivity index (χ4n) is 5.36. The number of fused-ring (bicyclic) bond motifs is 4. The average Bonchev–Trinajstić information content (AvgIpc) is 2.83. The number of rotatable bonds is 6. The van der Waals surface area contributed by atoms with Gasteiger partial charge in [0, 0.05) is 24.2 Å². The molecule has 1 aromatic heterocycles. The Morgan fingerprint density at radius 1 is 1.32 bits per heavy atom. The lowest BCUT2D eigenvalue weighted by molar-refractivity contribution is 0.0105. The maximum absolute atomic E-state index is 12.2. The SMILES string of the molecule is C=CC1CN2CCC1CC2C(Nc1c(N)c(=O)c1=O)c1ccnc2ccc(OC)cc12. The fraction of sp³-hybridized carbons (Fsp3) is 0.375. The number of aromatic nitrogens is 1. The van der Waals surface area contributed by atoms with Gasteiger partial charge < -0.3 is 15.8 Å². The van der Waals surface area contributed by atoms with Gasteiger partial charge in [-0.3, -0.25) is 19.5 Å². The van der Waals surface area contributed by atoms with Gasteiger partial charge in [-0.05, 0) is 61.1 Å². The Hall–Kier alpha value is -3.19. The summed E-state index contributed by atoms with van der Waals surface area (Å²) in [5, 5.41) is 4.32. The van der Waals surface area contributed by atoms with E-state index < -0.39 is 10.9 Å². The number of piperidine rings is 3. The normalized spacial score (nSPS) is 26.1. The number of nitrogens with two attached hydrogens (primary N) is 1. The third kappa shape index (κ3) is 3.11. The lowest BCUT2D eigenvalue weighted by Gasteiger charge is -2.52. The first kappa shape index (κ1) is 19.8. The van der Waals surface area contributed by atoms with Crippen LogP contribution in [0.15, 0.2) is 52.7 Å². The van der Waals surface area contributed by atoms with Crippen LogP contribution in [0.25, 0.3) is 10.9 Å². The van der Waals surface area contributed by atoms with Crippen LogP contribution in [0, 0.1) is 11.8 Å². The van der Waals surface area contributed by atoms with Crippen LogP contribution < -0.4 is 26.6 Å². The van der Waals surface area contributed by atoms with E-state index in [1.54, 1.807) is 13.3 Å². The number of pyridine rings is 1. The van der Waals surface area contributed by atoms with E-state index in [0.717, 1.165) is 48.1 Å². The molecule has 3 fully saturated rings. The molecule has 6 rings (SSSR count). The van der Waals surface area contributed by atoms with Crippen LogP contribution in [-0.2, 0) is 0 Å². The maximum Gasteiger partial charge on any atom is 0.253 e. The summed E-state index contributed by atoms with van der Waals surface area (Å²) in [6.07, 6.45) is 5.98. The molecule has 5 unspecified atom stereocenters. The predicted octanol–water partition coefficient (Wildman–Crippen LogP) is 2.47. The van der Waals surface area contributed by atoms with Crippen LogP contribution in [0.5, 0.6) is 5.75 Å². The topological polar surface area (TPSA) is 97.6 Å². The molecular formula is C24H26N4O3. The van der Waals surface area contributed by atoms with Gasteiger partial charge in [-0.2, -0.15) is 0 Å². The molecule has 0 aliphatic carbocycles. The van der Waals surface area contributed by atoms with Crippen LogP contribution >= 0.6 is 0 Å². The Morgan fingerprint density at radius 3 is 2.84 bits per heavy atom. The van der Waals surface area contributed by atoms with Crippen molar-refractivity contribution in [1.82, 2.24) is 9.88 Å². The van der Waals surface area contributed by atoms with E-state index in [2.05, 4.69) is 27.9 Å². The summed E-state index contributed by atoms with van der Waals surface area (Å²) in [4.78, 5) is 31.0. The van der Waals surface area contributed by atoms with E-state index in [4.69, 9.17) is 10.5 Å². The number of hydrogen-bond acceptors (Lipinski definition) is 7. The van der Waals surface area contributed by atoms with Crippen molar-refractivity contribution < 1.29 is 4.74 Å². The largest absolute Gasteiger partial charge is 0.497 e. The summed E-state index contributed by atoms with van der Waals surface area (Å²) >= 11 is 0. The molecule has 0 radical (unpaired) electrons. The summed E-state index contributed by atoms with van der Waals surface area (Å²) in [7, 11) is 1.64. The minimum absolute atomic E-state index is 0.0193. The lowest BCUT2D eigenvalue weighted by atomic mass is 9.73. The molecule has 0 spiro atoms. The number of anilines is 2. The third-order valence-corrected chi connectivity index (χ3v) is 7.10. The number of nitrogens with one attached hydrogen (secondary N) is 1. The second kappa shape index (κ2) is 7.50. The molecule has 2 bridgehead atoms. The van der Waals surface area contributed by atoms with Crippen molar-refractivity contribution in [1.29, 1.82) is 0 Å². The first-order valence-electron chi connectivity index (χ1n) is 10.7. The molecule has 0 amide bonds. The van der Waals surface area contributed by atoms with Crippen molar-refractivity contribution in [2.24, 2.45) is 11.8 Å². The van der Waals surface area contributed by atoms with Crippen molar-refractivity contribution in [2.45, 2.75) is 24.9 Å². The van der Waals surface area contributed by atoms with Gasteiger partial charge in [0.1, 0.15) is 17.1 Å². The van der Waals surface area contributed by atoms with Gasteiger partial charge in [0.15, 0.2) is 0 Å².